The van der Waals surface area contributed by atoms with Crippen LogP contribution in [0, 0.1) is 0 Å². The molecule has 1 rings (SSSR count). The van der Waals surface area contributed by atoms with Gasteiger partial charge in [-0.25, -0.2) is 0 Å². The van der Waals surface area contributed by atoms with Crippen molar-refractivity contribution in [1.29, 1.82) is 0 Å². The van der Waals surface area contributed by atoms with E-state index in [0.717, 1.165) is 12.2 Å². The Labute approximate surface area is 124 Å². The van der Waals surface area contributed by atoms with Crippen molar-refractivity contribution < 1.29 is 9.84 Å². The maximum Gasteiger partial charge on any atom is 0.258 e. The van der Waals surface area contributed by atoms with E-state index in [2.05, 4.69) is 16.9 Å². The lowest BCUT2D eigenvalue weighted by molar-refractivity contribution is 0.150. The van der Waals surface area contributed by atoms with Crippen molar-refractivity contribution in [3.8, 4) is 5.88 Å². The quantitative estimate of drug-likeness (QED) is 0.395. The van der Waals surface area contributed by atoms with Crippen LogP contribution in [-0.4, -0.2) is 34.0 Å². The molecule has 20 heavy (non-hydrogen) atoms. The molecule has 0 aliphatic carbocycles. The monoisotopic (exact) mass is 300 g/mol. The maximum atomic E-state index is 11.9. The molecule has 0 aliphatic heterocycles. The molecule has 114 valence electrons. The molecule has 0 aliphatic rings. The van der Waals surface area contributed by atoms with Gasteiger partial charge >= 0.3 is 0 Å². The molecular formula is C14H24N2O3S. The topological polar surface area (TPSA) is 75.2 Å². The van der Waals surface area contributed by atoms with Gasteiger partial charge in [0.25, 0.3) is 5.56 Å². The first-order valence-electron chi connectivity index (χ1n) is 7.21. The third-order valence-corrected chi connectivity index (χ3v) is 3.87. The second-order valence-corrected chi connectivity index (χ2v) is 5.61. The smallest absolute Gasteiger partial charge is 0.258 e. The van der Waals surface area contributed by atoms with E-state index >= 15 is 0 Å². The molecule has 0 unspecified atom stereocenters. The second-order valence-electron chi connectivity index (χ2n) is 4.53. The molecule has 0 radical (unpaired) electrons. The molecule has 2 N–H and O–H groups in total. The third kappa shape index (κ3) is 5.96. The van der Waals surface area contributed by atoms with Gasteiger partial charge < -0.3 is 14.8 Å². The van der Waals surface area contributed by atoms with E-state index < -0.39 is 0 Å². The van der Waals surface area contributed by atoms with Crippen molar-refractivity contribution in [2.75, 3.05) is 19.0 Å². The van der Waals surface area contributed by atoms with Crippen LogP contribution in [0.25, 0.3) is 0 Å². The molecule has 0 atom stereocenters. The summed E-state index contributed by atoms with van der Waals surface area (Å²) in [6.07, 6.45) is 5.09. The summed E-state index contributed by atoms with van der Waals surface area (Å²) in [6, 6.07) is 0. The summed E-state index contributed by atoms with van der Waals surface area (Å²) in [7, 11) is 0. The van der Waals surface area contributed by atoms with Crippen LogP contribution < -0.4 is 5.56 Å². The highest BCUT2D eigenvalue weighted by Gasteiger charge is 2.10. The van der Waals surface area contributed by atoms with Crippen LogP contribution in [0.15, 0.2) is 9.95 Å². The van der Waals surface area contributed by atoms with Crippen molar-refractivity contribution in [1.82, 2.24) is 9.97 Å². The molecule has 0 bridgehead atoms. The number of aromatic hydroxyl groups is 1. The van der Waals surface area contributed by atoms with Crippen molar-refractivity contribution in [3.63, 3.8) is 0 Å². The summed E-state index contributed by atoms with van der Waals surface area (Å²) in [6.45, 7) is 5.07. The van der Waals surface area contributed by atoms with Crippen molar-refractivity contribution in [2.45, 2.75) is 51.1 Å². The zero-order valence-electron chi connectivity index (χ0n) is 12.3. The number of nitrogens with zero attached hydrogens (tertiary/aromatic N) is 1. The predicted octanol–water partition coefficient (Wildman–Crippen LogP) is 2.73. The number of nitrogens with one attached hydrogen (secondary N) is 1. The SMILES string of the molecule is CCCCCCSc1nc(O)c(CCOCC)c(=O)[nH]1. The largest absolute Gasteiger partial charge is 0.493 e. The normalized spacial score (nSPS) is 10.9. The Morgan fingerprint density at radius 1 is 1.30 bits per heavy atom. The molecule has 0 fully saturated rings. The van der Waals surface area contributed by atoms with Gasteiger partial charge in [0.1, 0.15) is 0 Å². The minimum atomic E-state index is -0.270. The molecule has 0 spiro atoms. The zero-order valence-corrected chi connectivity index (χ0v) is 13.1. The molecule has 5 nitrogen and oxygen atoms in total. The first kappa shape index (κ1) is 17.0. The van der Waals surface area contributed by atoms with Crippen molar-refractivity contribution >= 4 is 11.8 Å². The molecular weight excluding hydrogens is 276 g/mol. The van der Waals surface area contributed by atoms with Gasteiger partial charge in [0.05, 0.1) is 12.2 Å². The van der Waals surface area contributed by atoms with Crippen LogP contribution >= 0.6 is 11.8 Å². The third-order valence-electron chi connectivity index (χ3n) is 2.91. The molecule has 1 aromatic heterocycles. The van der Waals surface area contributed by atoms with E-state index in [1.54, 1.807) is 0 Å². The van der Waals surface area contributed by atoms with Gasteiger partial charge in [-0.1, -0.05) is 37.9 Å². The first-order chi connectivity index (χ1) is 9.69. The van der Waals surface area contributed by atoms with E-state index in [1.807, 2.05) is 6.92 Å². The minimum Gasteiger partial charge on any atom is -0.493 e. The number of aromatic nitrogens is 2. The lowest BCUT2D eigenvalue weighted by Gasteiger charge is -2.06. The molecule has 0 saturated carbocycles. The molecule has 0 amide bonds. The molecule has 1 aromatic rings. The zero-order chi connectivity index (χ0) is 14.8. The average Bonchev–Trinajstić information content (AvgIpc) is 2.42. The van der Waals surface area contributed by atoms with Crippen molar-refractivity contribution in [2.24, 2.45) is 0 Å². The van der Waals surface area contributed by atoms with Crippen LogP contribution in [0.5, 0.6) is 5.88 Å². The van der Waals surface area contributed by atoms with Crippen LogP contribution in [0.1, 0.15) is 45.1 Å². The highest BCUT2D eigenvalue weighted by molar-refractivity contribution is 7.99. The molecule has 1 heterocycles. The van der Waals surface area contributed by atoms with Crippen LogP contribution in [0.4, 0.5) is 0 Å². The highest BCUT2D eigenvalue weighted by atomic mass is 32.2. The highest BCUT2D eigenvalue weighted by Crippen LogP contribution is 2.18. The Kier molecular flexibility index (Phi) is 8.37. The lowest BCUT2D eigenvalue weighted by Crippen LogP contribution is -2.17. The van der Waals surface area contributed by atoms with E-state index in [9.17, 15) is 9.90 Å². The number of hydrogen-bond donors (Lipinski definition) is 2. The van der Waals surface area contributed by atoms with Gasteiger partial charge in [-0.3, -0.25) is 4.79 Å². The average molecular weight is 300 g/mol. The number of aromatic amines is 1. The number of unbranched alkanes of at least 4 members (excludes halogenated alkanes) is 3. The summed E-state index contributed by atoms with van der Waals surface area (Å²) < 4.78 is 5.18. The summed E-state index contributed by atoms with van der Waals surface area (Å²) in [4.78, 5) is 18.6. The van der Waals surface area contributed by atoms with Gasteiger partial charge in [0, 0.05) is 18.8 Å². The van der Waals surface area contributed by atoms with E-state index in [4.69, 9.17) is 4.74 Å². The fraction of sp³-hybridized carbons (Fsp3) is 0.714. The number of rotatable bonds is 10. The summed E-state index contributed by atoms with van der Waals surface area (Å²) in [5.74, 6) is 0.727. The van der Waals surface area contributed by atoms with Gasteiger partial charge in [0.15, 0.2) is 5.16 Å². The maximum absolute atomic E-state index is 11.9. The van der Waals surface area contributed by atoms with Gasteiger partial charge in [-0.05, 0) is 13.3 Å². The fourth-order valence-electron chi connectivity index (χ4n) is 1.78. The number of thioether (sulfide) groups is 1. The summed E-state index contributed by atoms with van der Waals surface area (Å²) in [5.41, 5.74) is 0.0297. The predicted molar refractivity (Wildman–Crippen MR) is 81.6 cm³/mol. The van der Waals surface area contributed by atoms with Gasteiger partial charge in [-0.15, -0.1) is 0 Å². The first-order valence-corrected chi connectivity index (χ1v) is 8.20. The lowest BCUT2D eigenvalue weighted by atomic mass is 10.2. The van der Waals surface area contributed by atoms with E-state index in [-0.39, 0.29) is 11.4 Å². The Morgan fingerprint density at radius 2 is 2.10 bits per heavy atom. The Bertz CT molecular complexity index is 449. The number of hydrogen-bond acceptors (Lipinski definition) is 5. The van der Waals surface area contributed by atoms with Crippen LogP contribution in [0.3, 0.4) is 0 Å². The van der Waals surface area contributed by atoms with Crippen molar-refractivity contribution in [3.05, 3.63) is 15.9 Å². The minimum absolute atomic E-state index is 0.176. The molecule has 0 aromatic carbocycles. The van der Waals surface area contributed by atoms with Crippen LogP contribution in [0.2, 0.25) is 0 Å². The van der Waals surface area contributed by atoms with Gasteiger partial charge in [0.2, 0.25) is 5.88 Å². The number of ether oxygens (including phenoxy) is 1. The van der Waals surface area contributed by atoms with Gasteiger partial charge in [-0.2, -0.15) is 4.98 Å². The Morgan fingerprint density at radius 3 is 2.75 bits per heavy atom. The second kappa shape index (κ2) is 9.83. The Balaban J connectivity index is 2.52. The number of H-pyrrole nitrogens is 1. The fourth-order valence-corrected chi connectivity index (χ4v) is 2.63. The van der Waals surface area contributed by atoms with E-state index in [1.165, 1.54) is 31.0 Å². The molecule has 0 saturated heterocycles. The standard InChI is InChI=1S/C14H24N2O3S/c1-3-5-6-7-10-20-14-15-12(17)11(13(18)16-14)8-9-19-4-2/h3-10H2,1-2H3,(H2,15,16,17,18). The Hall–Kier alpha value is -1.01. The van der Waals surface area contributed by atoms with Crippen LogP contribution in [-0.2, 0) is 11.2 Å². The van der Waals surface area contributed by atoms with E-state index in [0.29, 0.717) is 30.4 Å². The summed E-state index contributed by atoms with van der Waals surface area (Å²) in [5, 5.41) is 10.3. The summed E-state index contributed by atoms with van der Waals surface area (Å²) >= 11 is 1.48. The molecule has 6 heteroatoms.